The quantitative estimate of drug-likeness (QED) is 0.858. The van der Waals surface area contributed by atoms with E-state index in [1.807, 2.05) is 38.1 Å². The molecule has 1 unspecified atom stereocenters. The average molecular weight is 278 g/mol. The summed E-state index contributed by atoms with van der Waals surface area (Å²) in [5.74, 6) is -0.209. The number of halogens is 2. The third-order valence-corrected chi connectivity index (χ3v) is 3.51. The molecule has 2 aromatic carbocycles. The van der Waals surface area contributed by atoms with Crippen molar-refractivity contribution in [3.63, 3.8) is 0 Å². The van der Waals surface area contributed by atoms with Crippen LogP contribution in [0.5, 0.6) is 0 Å². The number of hydrogen-bond acceptors (Lipinski definition) is 1. The van der Waals surface area contributed by atoms with E-state index in [1.165, 1.54) is 6.07 Å². The Morgan fingerprint density at radius 2 is 2.00 bits per heavy atom. The van der Waals surface area contributed by atoms with Crippen molar-refractivity contribution in [2.24, 2.45) is 0 Å². The monoisotopic (exact) mass is 277 g/mol. The molecule has 0 aliphatic rings. The summed E-state index contributed by atoms with van der Waals surface area (Å²) in [7, 11) is 0. The molecule has 0 fully saturated rings. The number of rotatable bonds is 4. The zero-order chi connectivity index (χ0) is 13.8. The van der Waals surface area contributed by atoms with Gasteiger partial charge in [-0.15, -0.1) is 0 Å². The van der Waals surface area contributed by atoms with Crippen molar-refractivity contribution in [2.75, 3.05) is 0 Å². The Balaban J connectivity index is 2.02. The summed E-state index contributed by atoms with van der Waals surface area (Å²) in [6.07, 6.45) is 0. The molecule has 100 valence electrons. The summed E-state index contributed by atoms with van der Waals surface area (Å²) in [5.41, 5.74) is 3.13. The number of hydrogen-bond donors (Lipinski definition) is 1. The molecule has 0 saturated heterocycles. The average Bonchev–Trinajstić information content (AvgIpc) is 2.37. The van der Waals surface area contributed by atoms with Gasteiger partial charge in [0, 0.05) is 17.6 Å². The van der Waals surface area contributed by atoms with Crippen LogP contribution < -0.4 is 5.32 Å². The first-order valence-electron chi connectivity index (χ1n) is 6.30. The molecule has 0 bridgehead atoms. The predicted octanol–water partition coefficient (Wildman–Crippen LogP) is 4.64. The van der Waals surface area contributed by atoms with E-state index < -0.39 is 0 Å². The minimum atomic E-state index is -0.209. The minimum absolute atomic E-state index is 0.0769. The zero-order valence-corrected chi connectivity index (χ0v) is 11.8. The Morgan fingerprint density at radius 1 is 1.21 bits per heavy atom. The van der Waals surface area contributed by atoms with E-state index in [1.54, 1.807) is 12.1 Å². The minimum Gasteiger partial charge on any atom is -0.306 e. The molecule has 0 spiro atoms. The Hall–Kier alpha value is -1.38. The molecule has 2 rings (SSSR count). The number of aryl methyl sites for hydroxylation is 1. The highest BCUT2D eigenvalue weighted by molar-refractivity contribution is 6.31. The van der Waals surface area contributed by atoms with Crippen molar-refractivity contribution in [2.45, 2.75) is 26.4 Å². The van der Waals surface area contributed by atoms with Crippen LogP contribution in [0.1, 0.15) is 29.7 Å². The second-order valence-electron chi connectivity index (χ2n) is 4.75. The van der Waals surface area contributed by atoms with Crippen LogP contribution in [0, 0.1) is 12.7 Å². The highest BCUT2D eigenvalue weighted by Gasteiger charge is 2.07. The molecule has 3 heteroatoms. The van der Waals surface area contributed by atoms with Gasteiger partial charge in [-0.2, -0.15) is 0 Å². The Bertz CT molecular complexity index is 568. The van der Waals surface area contributed by atoms with E-state index in [4.69, 9.17) is 11.6 Å². The second-order valence-corrected chi connectivity index (χ2v) is 5.16. The zero-order valence-electron chi connectivity index (χ0n) is 11.1. The van der Waals surface area contributed by atoms with Crippen LogP contribution in [0.2, 0.25) is 5.02 Å². The molecule has 1 atom stereocenters. The van der Waals surface area contributed by atoms with Gasteiger partial charge < -0.3 is 5.32 Å². The van der Waals surface area contributed by atoms with Crippen molar-refractivity contribution in [1.29, 1.82) is 0 Å². The van der Waals surface area contributed by atoms with Crippen LogP contribution in [0.4, 0.5) is 4.39 Å². The summed E-state index contributed by atoms with van der Waals surface area (Å²) in [5, 5.41) is 4.11. The summed E-state index contributed by atoms with van der Waals surface area (Å²) in [6.45, 7) is 4.69. The Labute approximate surface area is 118 Å². The molecule has 0 saturated carbocycles. The molecule has 0 radical (unpaired) electrons. The maximum absolute atomic E-state index is 13.2. The first-order chi connectivity index (χ1) is 9.06. The van der Waals surface area contributed by atoms with E-state index in [0.29, 0.717) is 6.54 Å². The molecule has 1 N–H and O–H groups in total. The molecule has 0 heterocycles. The van der Waals surface area contributed by atoms with Crippen LogP contribution in [0.3, 0.4) is 0 Å². The first kappa shape index (κ1) is 14.0. The molecule has 2 aromatic rings. The van der Waals surface area contributed by atoms with Gasteiger partial charge in [0.1, 0.15) is 5.82 Å². The molecular weight excluding hydrogens is 261 g/mol. The van der Waals surface area contributed by atoms with Gasteiger partial charge in [0.2, 0.25) is 0 Å². The lowest BCUT2D eigenvalue weighted by Crippen LogP contribution is -2.18. The SMILES string of the molecule is Cc1ccc(CNC(C)c2cccc(F)c2)c(Cl)c1. The Kier molecular flexibility index (Phi) is 4.56. The smallest absolute Gasteiger partial charge is 0.123 e. The van der Waals surface area contributed by atoms with Gasteiger partial charge in [0.15, 0.2) is 0 Å². The van der Waals surface area contributed by atoms with E-state index in [0.717, 1.165) is 21.7 Å². The fourth-order valence-corrected chi connectivity index (χ4v) is 2.25. The predicted molar refractivity (Wildman–Crippen MR) is 77.8 cm³/mol. The van der Waals surface area contributed by atoms with Crippen LogP contribution >= 0.6 is 11.6 Å². The van der Waals surface area contributed by atoms with Gasteiger partial charge in [-0.1, -0.05) is 35.9 Å². The summed E-state index contributed by atoms with van der Waals surface area (Å²) < 4.78 is 13.2. The summed E-state index contributed by atoms with van der Waals surface area (Å²) in [4.78, 5) is 0. The fraction of sp³-hybridized carbons (Fsp3) is 0.250. The summed E-state index contributed by atoms with van der Waals surface area (Å²) >= 11 is 6.18. The van der Waals surface area contributed by atoms with Gasteiger partial charge in [-0.25, -0.2) is 4.39 Å². The van der Waals surface area contributed by atoms with Gasteiger partial charge >= 0.3 is 0 Å². The van der Waals surface area contributed by atoms with E-state index in [9.17, 15) is 4.39 Å². The number of nitrogens with one attached hydrogen (secondary N) is 1. The molecule has 0 aliphatic carbocycles. The molecule has 0 amide bonds. The lowest BCUT2D eigenvalue weighted by atomic mass is 10.1. The van der Waals surface area contributed by atoms with Crippen molar-refractivity contribution >= 4 is 11.6 Å². The van der Waals surface area contributed by atoms with E-state index in [-0.39, 0.29) is 11.9 Å². The first-order valence-corrected chi connectivity index (χ1v) is 6.68. The van der Waals surface area contributed by atoms with E-state index >= 15 is 0 Å². The van der Waals surface area contributed by atoms with Crippen molar-refractivity contribution < 1.29 is 4.39 Å². The summed E-state index contributed by atoms with van der Waals surface area (Å²) in [6, 6.07) is 12.7. The largest absolute Gasteiger partial charge is 0.306 e. The van der Waals surface area contributed by atoms with Crippen LogP contribution in [0.15, 0.2) is 42.5 Å². The van der Waals surface area contributed by atoms with Crippen molar-refractivity contribution in [1.82, 2.24) is 5.32 Å². The van der Waals surface area contributed by atoms with Gasteiger partial charge in [-0.3, -0.25) is 0 Å². The van der Waals surface area contributed by atoms with Crippen LogP contribution in [0.25, 0.3) is 0 Å². The fourth-order valence-electron chi connectivity index (χ4n) is 1.95. The highest BCUT2D eigenvalue weighted by atomic mass is 35.5. The lowest BCUT2D eigenvalue weighted by molar-refractivity contribution is 0.565. The number of benzene rings is 2. The second kappa shape index (κ2) is 6.18. The van der Waals surface area contributed by atoms with Crippen LogP contribution in [-0.4, -0.2) is 0 Å². The maximum Gasteiger partial charge on any atom is 0.123 e. The standard InChI is InChI=1S/C16H17ClFN/c1-11-6-7-14(16(17)8-11)10-19-12(2)13-4-3-5-15(18)9-13/h3-9,12,19H,10H2,1-2H3. The third kappa shape index (κ3) is 3.79. The molecule has 19 heavy (non-hydrogen) atoms. The highest BCUT2D eigenvalue weighted by Crippen LogP contribution is 2.19. The van der Waals surface area contributed by atoms with Crippen LogP contribution in [-0.2, 0) is 6.54 Å². The van der Waals surface area contributed by atoms with Crippen molar-refractivity contribution in [3.8, 4) is 0 Å². The molecular formula is C16H17ClFN. The molecule has 1 nitrogen and oxygen atoms in total. The van der Waals surface area contributed by atoms with Gasteiger partial charge in [0.25, 0.3) is 0 Å². The molecule has 0 aromatic heterocycles. The van der Waals surface area contributed by atoms with E-state index in [2.05, 4.69) is 5.32 Å². The molecule has 0 aliphatic heterocycles. The normalized spacial score (nSPS) is 12.4. The lowest BCUT2D eigenvalue weighted by Gasteiger charge is -2.15. The van der Waals surface area contributed by atoms with Crippen molar-refractivity contribution in [3.05, 3.63) is 70.0 Å². The maximum atomic E-state index is 13.2. The Morgan fingerprint density at radius 3 is 2.68 bits per heavy atom. The van der Waals surface area contributed by atoms with Gasteiger partial charge in [-0.05, 0) is 48.7 Å². The van der Waals surface area contributed by atoms with Gasteiger partial charge in [0.05, 0.1) is 0 Å². The topological polar surface area (TPSA) is 12.0 Å². The third-order valence-electron chi connectivity index (χ3n) is 3.16.